The van der Waals surface area contributed by atoms with E-state index < -0.39 is 0 Å². The van der Waals surface area contributed by atoms with E-state index in [1.807, 2.05) is 0 Å². The number of hydrogen-bond acceptors (Lipinski definition) is 5. The SMILES string of the molecule is COc1cc(C=O)ccc1OCCCN1CCOCC1.Cl. The van der Waals surface area contributed by atoms with E-state index in [2.05, 4.69) is 4.90 Å². The van der Waals surface area contributed by atoms with Gasteiger partial charge >= 0.3 is 0 Å². The lowest BCUT2D eigenvalue weighted by Gasteiger charge is -2.26. The van der Waals surface area contributed by atoms with Crippen LogP contribution in [0.25, 0.3) is 0 Å². The number of ether oxygens (including phenoxy) is 3. The Bertz CT molecular complexity index is 436. The third-order valence-corrected chi connectivity index (χ3v) is 3.30. The van der Waals surface area contributed by atoms with Crippen molar-refractivity contribution in [2.24, 2.45) is 0 Å². The quantitative estimate of drug-likeness (QED) is 0.569. The van der Waals surface area contributed by atoms with Gasteiger partial charge in [0.25, 0.3) is 0 Å². The predicted octanol–water partition coefficient (Wildman–Crippen LogP) is 2.03. The van der Waals surface area contributed by atoms with Gasteiger partial charge in [0.05, 0.1) is 26.9 Å². The smallest absolute Gasteiger partial charge is 0.161 e. The number of carbonyl (C=O) groups excluding carboxylic acids is 1. The maximum absolute atomic E-state index is 10.7. The Hall–Kier alpha value is -1.30. The molecule has 1 saturated heterocycles. The molecule has 0 saturated carbocycles. The van der Waals surface area contributed by atoms with Gasteiger partial charge in [-0.3, -0.25) is 9.69 Å². The molecular weight excluding hydrogens is 294 g/mol. The summed E-state index contributed by atoms with van der Waals surface area (Å²) in [7, 11) is 1.57. The molecule has 0 unspecified atom stereocenters. The number of rotatable bonds is 7. The first-order valence-electron chi connectivity index (χ1n) is 6.89. The van der Waals surface area contributed by atoms with Crippen LogP contribution in [0.5, 0.6) is 11.5 Å². The summed E-state index contributed by atoms with van der Waals surface area (Å²) >= 11 is 0. The van der Waals surface area contributed by atoms with Crippen molar-refractivity contribution in [3.05, 3.63) is 23.8 Å². The van der Waals surface area contributed by atoms with E-state index in [-0.39, 0.29) is 12.4 Å². The molecule has 1 aliphatic rings. The molecule has 0 atom stereocenters. The van der Waals surface area contributed by atoms with Crippen LogP contribution in [0.2, 0.25) is 0 Å². The van der Waals surface area contributed by atoms with Crippen LogP contribution in [0.3, 0.4) is 0 Å². The molecule has 2 rings (SSSR count). The fraction of sp³-hybridized carbons (Fsp3) is 0.533. The monoisotopic (exact) mass is 315 g/mol. The summed E-state index contributed by atoms with van der Waals surface area (Å²) < 4.78 is 16.3. The van der Waals surface area contributed by atoms with E-state index in [0.717, 1.165) is 45.6 Å². The molecule has 1 aromatic carbocycles. The van der Waals surface area contributed by atoms with Gasteiger partial charge in [0.15, 0.2) is 11.5 Å². The van der Waals surface area contributed by atoms with E-state index in [9.17, 15) is 4.79 Å². The number of aldehydes is 1. The van der Waals surface area contributed by atoms with Gasteiger partial charge in [-0.2, -0.15) is 0 Å². The van der Waals surface area contributed by atoms with Gasteiger partial charge in [-0.1, -0.05) is 0 Å². The predicted molar refractivity (Wildman–Crippen MR) is 83.0 cm³/mol. The minimum Gasteiger partial charge on any atom is -0.493 e. The van der Waals surface area contributed by atoms with Crippen molar-refractivity contribution in [2.45, 2.75) is 6.42 Å². The van der Waals surface area contributed by atoms with Gasteiger partial charge in [0.2, 0.25) is 0 Å². The van der Waals surface area contributed by atoms with Crippen molar-refractivity contribution < 1.29 is 19.0 Å². The average Bonchev–Trinajstić information content (AvgIpc) is 2.52. The first-order chi connectivity index (χ1) is 9.83. The van der Waals surface area contributed by atoms with E-state index in [4.69, 9.17) is 14.2 Å². The average molecular weight is 316 g/mol. The van der Waals surface area contributed by atoms with Crippen molar-refractivity contribution in [1.82, 2.24) is 4.90 Å². The lowest BCUT2D eigenvalue weighted by molar-refractivity contribution is 0.0357. The second-order valence-corrected chi connectivity index (χ2v) is 4.68. The number of nitrogens with zero attached hydrogens (tertiary/aromatic N) is 1. The molecule has 1 heterocycles. The Morgan fingerprint density at radius 3 is 2.71 bits per heavy atom. The number of methoxy groups -OCH3 is 1. The molecule has 21 heavy (non-hydrogen) atoms. The first-order valence-corrected chi connectivity index (χ1v) is 6.89. The van der Waals surface area contributed by atoms with Crippen LogP contribution >= 0.6 is 12.4 Å². The molecule has 0 amide bonds. The lowest BCUT2D eigenvalue weighted by Crippen LogP contribution is -2.37. The summed E-state index contributed by atoms with van der Waals surface area (Å²) in [6.45, 7) is 5.28. The lowest BCUT2D eigenvalue weighted by atomic mass is 10.2. The van der Waals surface area contributed by atoms with Gasteiger partial charge in [0, 0.05) is 25.2 Å². The van der Waals surface area contributed by atoms with Crippen LogP contribution in [0, 0.1) is 0 Å². The molecule has 1 fully saturated rings. The first kappa shape index (κ1) is 17.8. The minimum absolute atomic E-state index is 0. The van der Waals surface area contributed by atoms with Crippen molar-refractivity contribution >= 4 is 18.7 Å². The summed E-state index contributed by atoms with van der Waals surface area (Å²) in [5, 5.41) is 0. The zero-order valence-corrected chi connectivity index (χ0v) is 13.1. The molecule has 0 aromatic heterocycles. The highest BCUT2D eigenvalue weighted by Gasteiger charge is 2.10. The Balaban J connectivity index is 0.00000220. The third-order valence-electron chi connectivity index (χ3n) is 3.30. The molecule has 6 heteroatoms. The van der Waals surface area contributed by atoms with Gasteiger partial charge in [-0.15, -0.1) is 12.4 Å². The molecule has 5 nitrogen and oxygen atoms in total. The Morgan fingerprint density at radius 1 is 1.29 bits per heavy atom. The number of benzene rings is 1. The number of morpholine rings is 1. The molecule has 0 radical (unpaired) electrons. The molecule has 0 aliphatic carbocycles. The van der Waals surface area contributed by atoms with Crippen molar-refractivity contribution in [2.75, 3.05) is 46.6 Å². The largest absolute Gasteiger partial charge is 0.493 e. The molecule has 0 spiro atoms. The summed E-state index contributed by atoms with van der Waals surface area (Å²) in [4.78, 5) is 13.1. The fourth-order valence-corrected chi connectivity index (χ4v) is 2.17. The summed E-state index contributed by atoms with van der Waals surface area (Å²) in [6, 6.07) is 5.19. The van der Waals surface area contributed by atoms with Gasteiger partial charge in [-0.25, -0.2) is 0 Å². The van der Waals surface area contributed by atoms with E-state index in [1.54, 1.807) is 25.3 Å². The van der Waals surface area contributed by atoms with Crippen molar-refractivity contribution in [3.63, 3.8) is 0 Å². The van der Waals surface area contributed by atoms with Crippen molar-refractivity contribution in [1.29, 1.82) is 0 Å². The normalized spacial score (nSPS) is 15.1. The molecule has 118 valence electrons. The Labute approximate surface area is 131 Å². The second-order valence-electron chi connectivity index (χ2n) is 4.68. The van der Waals surface area contributed by atoms with Crippen LogP contribution in [-0.2, 0) is 4.74 Å². The standard InChI is InChI=1S/C15H21NO4.ClH/c1-18-15-11-13(12-17)3-4-14(15)20-8-2-5-16-6-9-19-10-7-16;/h3-4,11-12H,2,5-10H2,1H3;1H. The van der Waals surface area contributed by atoms with Gasteiger partial charge < -0.3 is 14.2 Å². The number of halogens is 1. The highest BCUT2D eigenvalue weighted by molar-refractivity contribution is 5.85. The number of hydrogen-bond donors (Lipinski definition) is 0. The maximum Gasteiger partial charge on any atom is 0.161 e. The van der Waals surface area contributed by atoms with Crippen LogP contribution in [-0.4, -0.2) is 57.8 Å². The van der Waals surface area contributed by atoms with Crippen LogP contribution in [0.15, 0.2) is 18.2 Å². The van der Waals surface area contributed by atoms with E-state index in [0.29, 0.717) is 23.7 Å². The Morgan fingerprint density at radius 2 is 2.05 bits per heavy atom. The second kappa shape index (κ2) is 9.60. The molecule has 1 aromatic rings. The van der Waals surface area contributed by atoms with Crippen LogP contribution < -0.4 is 9.47 Å². The highest BCUT2D eigenvalue weighted by Crippen LogP contribution is 2.27. The third kappa shape index (κ3) is 5.53. The van der Waals surface area contributed by atoms with Crippen molar-refractivity contribution in [3.8, 4) is 11.5 Å². The Kier molecular flexibility index (Phi) is 8.12. The van der Waals surface area contributed by atoms with Gasteiger partial charge in [0.1, 0.15) is 6.29 Å². The van der Waals surface area contributed by atoms with Gasteiger partial charge in [-0.05, 0) is 24.6 Å². The highest BCUT2D eigenvalue weighted by atomic mass is 35.5. The molecule has 1 aliphatic heterocycles. The van der Waals surface area contributed by atoms with Crippen LogP contribution in [0.4, 0.5) is 0 Å². The number of carbonyl (C=O) groups is 1. The molecule has 0 N–H and O–H groups in total. The zero-order chi connectivity index (χ0) is 14.2. The van der Waals surface area contributed by atoms with Crippen LogP contribution in [0.1, 0.15) is 16.8 Å². The summed E-state index contributed by atoms with van der Waals surface area (Å²) in [5.41, 5.74) is 0.586. The minimum atomic E-state index is 0. The topological polar surface area (TPSA) is 48.0 Å². The van der Waals surface area contributed by atoms with E-state index in [1.165, 1.54) is 0 Å². The fourth-order valence-electron chi connectivity index (χ4n) is 2.17. The molecule has 0 bridgehead atoms. The summed E-state index contributed by atoms with van der Waals surface area (Å²) in [6.07, 6.45) is 1.75. The maximum atomic E-state index is 10.7. The van der Waals surface area contributed by atoms with E-state index >= 15 is 0 Å². The summed E-state index contributed by atoms with van der Waals surface area (Å²) in [5.74, 6) is 1.28. The zero-order valence-electron chi connectivity index (χ0n) is 12.2. The molecular formula is C15H22ClNO4.